The van der Waals surface area contributed by atoms with E-state index in [1.54, 1.807) is 18.9 Å². The van der Waals surface area contributed by atoms with Crippen molar-refractivity contribution in [2.24, 2.45) is 0 Å². The Morgan fingerprint density at radius 2 is 1.83 bits per heavy atom. The van der Waals surface area contributed by atoms with Crippen molar-refractivity contribution in [2.75, 3.05) is 17.8 Å². The molecule has 0 aliphatic carbocycles. The number of para-hydroxylation sites is 1. The van der Waals surface area contributed by atoms with E-state index in [1.807, 2.05) is 41.3 Å². The molecule has 1 aliphatic heterocycles. The van der Waals surface area contributed by atoms with Crippen LogP contribution in [0.2, 0.25) is 0 Å². The standard InChI is InChI=1S/C19H21NO2S/c1-13(2)14-8-10-15(11-9-14)20-18(21)12-23-19(20)16-6-4-5-7-17(16)22-3/h4-11,13,19H,12H2,1-3H3. The van der Waals surface area contributed by atoms with Gasteiger partial charge in [0, 0.05) is 11.3 Å². The number of benzene rings is 2. The van der Waals surface area contributed by atoms with Gasteiger partial charge in [-0.15, -0.1) is 11.8 Å². The number of rotatable bonds is 4. The van der Waals surface area contributed by atoms with E-state index in [0.29, 0.717) is 11.7 Å². The first-order valence-electron chi connectivity index (χ1n) is 7.78. The molecule has 23 heavy (non-hydrogen) atoms. The topological polar surface area (TPSA) is 29.5 Å². The fraction of sp³-hybridized carbons (Fsp3) is 0.316. The third kappa shape index (κ3) is 3.08. The molecule has 3 rings (SSSR count). The quantitative estimate of drug-likeness (QED) is 0.822. The average Bonchev–Trinajstić information content (AvgIpc) is 2.96. The number of thioether (sulfide) groups is 1. The predicted octanol–water partition coefficient (Wildman–Crippen LogP) is 4.60. The molecule has 4 heteroatoms. The summed E-state index contributed by atoms with van der Waals surface area (Å²) in [4.78, 5) is 14.3. The van der Waals surface area contributed by atoms with Crippen molar-refractivity contribution < 1.29 is 9.53 Å². The molecule has 1 atom stereocenters. The van der Waals surface area contributed by atoms with Crippen LogP contribution in [0.5, 0.6) is 5.75 Å². The van der Waals surface area contributed by atoms with Gasteiger partial charge in [-0.3, -0.25) is 9.69 Å². The molecule has 1 unspecified atom stereocenters. The van der Waals surface area contributed by atoms with Gasteiger partial charge in [-0.1, -0.05) is 44.2 Å². The van der Waals surface area contributed by atoms with Crippen LogP contribution in [0.1, 0.15) is 36.3 Å². The highest BCUT2D eigenvalue weighted by molar-refractivity contribution is 8.00. The van der Waals surface area contributed by atoms with E-state index in [-0.39, 0.29) is 11.3 Å². The summed E-state index contributed by atoms with van der Waals surface area (Å²) in [5, 5.41) is -0.0384. The van der Waals surface area contributed by atoms with Gasteiger partial charge in [-0.05, 0) is 29.7 Å². The van der Waals surface area contributed by atoms with Crippen molar-refractivity contribution in [3.8, 4) is 5.75 Å². The fourth-order valence-electron chi connectivity index (χ4n) is 2.82. The van der Waals surface area contributed by atoms with E-state index in [9.17, 15) is 4.79 Å². The van der Waals surface area contributed by atoms with E-state index < -0.39 is 0 Å². The second-order valence-electron chi connectivity index (χ2n) is 5.92. The lowest BCUT2D eigenvalue weighted by atomic mass is 10.0. The number of nitrogens with zero attached hydrogens (tertiary/aromatic N) is 1. The number of ether oxygens (including phenoxy) is 1. The van der Waals surface area contributed by atoms with E-state index in [1.165, 1.54) is 5.56 Å². The second-order valence-corrected chi connectivity index (χ2v) is 6.98. The molecule has 0 saturated carbocycles. The zero-order chi connectivity index (χ0) is 16.4. The first kappa shape index (κ1) is 15.9. The Bertz CT molecular complexity index is 697. The summed E-state index contributed by atoms with van der Waals surface area (Å²) in [6, 6.07) is 16.2. The lowest BCUT2D eigenvalue weighted by Gasteiger charge is -2.26. The monoisotopic (exact) mass is 327 g/mol. The minimum absolute atomic E-state index is 0.0384. The van der Waals surface area contributed by atoms with Crippen LogP contribution in [-0.4, -0.2) is 18.8 Å². The SMILES string of the molecule is COc1ccccc1C1SCC(=O)N1c1ccc(C(C)C)cc1. The van der Waals surface area contributed by atoms with Gasteiger partial charge < -0.3 is 4.74 Å². The van der Waals surface area contributed by atoms with Crippen molar-refractivity contribution in [1.82, 2.24) is 0 Å². The molecule has 1 heterocycles. The first-order chi connectivity index (χ1) is 11.1. The summed E-state index contributed by atoms with van der Waals surface area (Å²) in [5.41, 5.74) is 3.26. The van der Waals surface area contributed by atoms with E-state index in [2.05, 4.69) is 26.0 Å². The fourth-order valence-corrected chi connectivity index (χ4v) is 4.03. The third-order valence-corrected chi connectivity index (χ3v) is 5.30. The summed E-state index contributed by atoms with van der Waals surface area (Å²) in [7, 11) is 1.67. The molecular formula is C19H21NO2S. The third-order valence-electron chi connectivity index (χ3n) is 4.11. The Morgan fingerprint density at radius 3 is 2.48 bits per heavy atom. The molecule has 0 N–H and O–H groups in total. The maximum atomic E-state index is 12.4. The van der Waals surface area contributed by atoms with Gasteiger partial charge in [-0.25, -0.2) is 0 Å². The predicted molar refractivity (Wildman–Crippen MR) is 96.2 cm³/mol. The summed E-state index contributed by atoms with van der Waals surface area (Å²) < 4.78 is 5.48. The highest BCUT2D eigenvalue weighted by Gasteiger charge is 2.35. The van der Waals surface area contributed by atoms with Gasteiger partial charge in [0.05, 0.1) is 12.9 Å². The van der Waals surface area contributed by atoms with Crippen LogP contribution in [0.3, 0.4) is 0 Å². The normalized spacial score (nSPS) is 17.8. The molecule has 3 nitrogen and oxygen atoms in total. The molecule has 0 spiro atoms. The Morgan fingerprint density at radius 1 is 1.13 bits per heavy atom. The maximum Gasteiger partial charge on any atom is 0.238 e. The van der Waals surface area contributed by atoms with Gasteiger partial charge in [0.25, 0.3) is 0 Å². The van der Waals surface area contributed by atoms with Crippen LogP contribution in [0.25, 0.3) is 0 Å². The number of carbonyl (C=O) groups is 1. The summed E-state index contributed by atoms with van der Waals surface area (Å²) in [6.45, 7) is 4.34. The summed E-state index contributed by atoms with van der Waals surface area (Å²) in [6.07, 6.45) is 0. The first-order valence-corrected chi connectivity index (χ1v) is 8.83. The van der Waals surface area contributed by atoms with Crippen LogP contribution in [0.15, 0.2) is 48.5 Å². The number of anilines is 1. The van der Waals surface area contributed by atoms with Gasteiger partial charge in [0.15, 0.2) is 0 Å². The van der Waals surface area contributed by atoms with Crippen LogP contribution in [-0.2, 0) is 4.79 Å². The molecule has 2 aromatic rings. The van der Waals surface area contributed by atoms with Crippen molar-refractivity contribution in [1.29, 1.82) is 0 Å². The van der Waals surface area contributed by atoms with Crippen LogP contribution < -0.4 is 9.64 Å². The van der Waals surface area contributed by atoms with Gasteiger partial charge in [-0.2, -0.15) is 0 Å². The molecule has 1 amide bonds. The lowest BCUT2D eigenvalue weighted by molar-refractivity contribution is -0.115. The largest absolute Gasteiger partial charge is 0.496 e. The average molecular weight is 327 g/mol. The van der Waals surface area contributed by atoms with Crippen molar-refractivity contribution >= 4 is 23.4 Å². The Hall–Kier alpha value is -1.94. The van der Waals surface area contributed by atoms with Crippen molar-refractivity contribution in [2.45, 2.75) is 25.1 Å². The molecule has 2 aromatic carbocycles. The highest BCUT2D eigenvalue weighted by Crippen LogP contribution is 2.44. The number of methoxy groups -OCH3 is 1. The Labute approximate surface area is 141 Å². The van der Waals surface area contributed by atoms with Gasteiger partial charge >= 0.3 is 0 Å². The zero-order valence-electron chi connectivity index (χ0n) is 13.7. The minimum atomic E-state index is -0.0384. The minimum Gasteiger partial charge on any atom is -0.496 e. The van der Waals surface area contributed by atoms with Crippen LogP contribution >= 0.6 is 11.8 Å². The zero-order valence-corrected chi connectivity index (χ0v) is 14.5. The molecule has 120 valence electrons. The summed E-state index contributed by atoms with van der Waals surface area (Å²) in [5.74, 6) is 1.94. The molecule has 0 aromatic heterocycles. The van der Waals surface area contributed by atoms with E-state index in [0.717, 1.165) is 17.0 Å². The molecule has 0 bridgehead atoms. The highest BCUT2D eigenvalue weighted by atomic mass is 32.2. The van der Waals surface area contributed by atoms with Gasteiger partial charge in [0.2, 0.25) is 5.91 Å². The van der Waals surface area contributed by atoms with Crippen LogP contribution in [0, 0.1) is 0 Å². The molecule has 1 fully saturated rings. The molecule has 1 aliphatic rings. The molecule has 0 radical (unpaired) electrons. The number of hydrogen-bond donors (Lipinski definition) is 0. The molecule has 1 saturated heterocycles. The number of amides is 1. The number of carbonyl (C=O) groups excluding carboxylic acids is 1. The second kappa shape index (κ2) is 6.67. The summed E-state index contributed by atoms with van der Waals surface area (Å²) >= 11 is 1.64. The van der Waals surface area contributed by atoms with E-state index >= 15 is 0 Å². The smallest absolute Gasteiger partial charge is 0.238 e. The number of hydrogen-bond acceptors (Lipinski definition) is 3. The Kier molecular flexibility index (Phi) is 4.62. The van der Waals surface area contributed by atoms with Crippen molar-refractivity contribution in [3.63, 3.8) is 0 Å². The maximum absolute atomic E-state index is 12.4. The van der Waals surface area contributed by atoms with E-state index in [4.69, 9.17) is 4.74 Å². The Balaban J connectivity index is 1.97. The molecular weight excluding hydrogens is 306 g/mol. The van der Waals surface area contributed by atoms with Crippen molar-refractivity contribution in [3.05, 3.63) is 59.7 Å². The lowest BCUT2D eigenvalue weighted by Crippen LogP contribution is -2.28. The van der Waals surface area contributed by atoms with Gasteiger partial charge in [0.1, 0.15) is 11.1 Å². The van der Waals surface area contributed by atoms with Crippen LogP contribution in [0.4, 0.5) is 5.69 Å².